The van der Waals surface area contributed by atoms with Gasteiger partial charge in [-0.25, -0.2) is 0 Å². The largest absolute Gasteiger partial charge is 0.285 e. The number of nitrogens with one attached hydrogen (secondary N) is 1. The van der Waals surface area contributed by atoms with E-state index in [2.05, 4.69) is 24.0 Å². The first-order chi connectivity index (χ1) is 5.33. The molecule has 0 radical (unpaired) electrons. The van der Waals surface area contributed by atoms with Crippen LogP contribution in [-0.4, -0.2) is 10.2 Å². The predicted octanol–water partition coefficient (Wildman–Crippen LogP) is 2.39. The summed E-state index contributed by atoms with van der Waals surface area (Å²) in [5.74, 6) is 0.838. The average Bonchev–Trinajstić information content (AvgIpc) is 2.52. The topological polar surface area (TPSA) is 28.7 Å². The number of hydrogen-bond donors (Lipinski definition) is 1. The van der Waals surface area contributed by atoms with Crippen molar-refractivity contribution in [3.63, 3.8) is 0 Å². The maximum Gasteiger partial charge on any atom is 0.0519 e. The maximum atomic E-state index is 3.90. The first kappa shape index (κ1) is 8.31. The Morgan fingerprint density at radius 2 is 2.45 bits per heavy atom. The molecule has 1 heterocycles. The van der Waals surface area contributed by atoms with Gasteiger partial charge in [-0.15, -0.1) is 0 Å². The molecule has 1 rings (SSSR count). The summed E-state index contributed by atoms with van der Waals surface area (Å²) >= 11 is 0. The molecule has 0 fully saturated rings. The van der Waals surface area contributed by atoms with E-state index in [-0.39, 0.29) is 0 Å². The van der Waals surface area contributed by atoms with Crippen molar-refractivity contribution >= 4 is 0 Å². The van der Waals surface area contributed by atoms with Crippen molar-refractivity contribution in [3.05, 3.63) is 18.0 Å². The van der Waals surface area contributed by atoms with Crippen molar-refractivity contribution in [3.8, 4) is 0 Å². The molecule has 1 atom stereocenters. The van der Waals surface area contributed by atoms with Crippen molar-refractivity contribution < 1.29 is 0 Å². The van der Waals surface area contributed by atoms with Gasteiger partial charge in [-0.05, 0) is 24.3 Å². The minimum Gasteiger partial charge on any atom is -0.285 e. The number of nitrogens with zero attached hydrogens (tertiary/aromatic N) is 1. The summed E-state index contributed by atoms with van der Waals surface area (Å²) in [5.41, 5.74) is 1.32. The van der Waals surface area contributed by atoms with Gasteiger partial charge in [-0.2, -0.15) is 5.10 Å². The van der Waals surface area contributed by atoms with Gasteiger partial charge in [0, 0.05) is 6.20 Å². The van der Waals surface area contributed by atoms with Gasteiger partial charge in [0.25, 0.3) is 0 Å². The van der Waals surface area contributed by atoms with Crippen molar-refractivity contribution in [2.75, 3.05) is 0 Å². The van der Waals surface area contributed by atoms with Gasteiger partial charge in [0.1, 0.15) is 0 Å². The van der Waals surface area contributed by atoms with Crippen molar-refractivity contribution in [2.45, 2.75) is 33.1 Å². The fourth-order valence-electron chi connectivity index (χ4n) is 1.03. The van der Waals surface area contributed by atoms with Gasteiger partial charge in [0.15, 0.2) is 0 Å². The van der Waals surface area contributed by atoms with Crippen LogP contribution in [0, 0.1) is 5.92 Å². The highest BCUT2D eigenvalue weighted by Gasteiger charge is 1.99. The molecule has 2 heteroatoms. The van der Waals surface area contributed by atoms with Crippen LogP contribution in [0.1, 0.15) is 32.3 Å². The molecule has 0 saturated carbocycles. The summed E-state index contributed by atoms with van der Waals surface area (Å²) in [5, 5.41) is 6.72. The van der Waals surface area contributed by atoms with Crippen LogP contribution >= 0.6 is 0 Å². The number of hydrogen-bond acceptors (Lipinski definition) is 1. The lowest BCUT2D eigenvalue weighted by molar-refractivity contribution is 0.516. The summed E-state index contributed by atoms with van der Waals surface area (Å²) in [6, 6.07) is 0. The first-order valence-electron chi connectivity index (χ1n) is 4.30. The summed E-state index contributed by atoms with van der Waals surface area (Å²) in [4.78, 5) is 0. The van der Waals surface area contributed by atoms with Gasteiger partial charge in [-0.3, -0.25) is 5.10 Å². The molecule has 0 bridgehead atoms. The summed E-state index contributed by atoms with van der Waals surface area (Å²) < 4.78 is 0. The Morgan fingerprint density at radius 1 is 1.64 bits per heavy atom. The van der Waals surface area contributed by atoms with Gasteiger partial charge >= 0.3 is 0 Å². The average molecular weight is 152 g/mol. The lowest BCUT2D eigenvalue weighted by Gasteiger charge is -2.05. The fraction of sp³-hybridized carbons (Fsp3) is 0.667. The van der Waals surface area contributed by atoms with Crippen LogP contribution in [0.4, 0.5) is 0 Å². The standard InChI is InChI=1S/C9H16N2/c1-3-8(2)4-5-9-6-10-11-7-9/h6-8H,3-5H2,1-2H3,(H,10,11). The molecular formula is C9H16N2. The van der Waals surface area contributed by atoms with Crippen molar-refractivity contribution in [1.82, 2.24) is 10.2 Å². The second-order valence-corrected chi connectivity index (χ2v) is 3.16. The molecule has 0 aliphatic rings. The number of aromatic amines is 1. The van der Waals surface area contributed by atoms with Crippen molar-refractivity contribution in [1.29, 1.82) is 0 Å². The van der Waals surface area contributed by atoms with Gasteiger partial charge in [-0.1, -0.05) is 20.3 Å². The Morgan fingerprint density at radius 3 is 3.00 bits per heavy atom. The van der Waals surface area contributed by atoms with Gasteiger partial charge in [0.05, 0.1) is 6.20 Å². The third-order valence-electron chi connectivity index (χ3n) is 2.18. The van der Waals surface area contributed by atoms with Crippen LogP contribution in [-0.2, 0) is 6.42 Å². The molecule has 11 heavy (non-hydrogen) atoms. The zero-order valence-electron chi connectivity index (χ0n) is 7.30. The van der Waals surface area contributed by atoms with E-state index in [1.165, 1.54) is 18.4 Å². The Kier molecular flexibility index (Phi) is 3.14. The summed E-state index contributed by atoms with van der Waals surface area (Å²) in [7, 11) is 0. The SMILES string of the molecule is CCC(C)CCc1cn[nH]c1. The second kappa shape index (κ2) is 4.16. The number of aryl methyl sites for hydroxylation is 1. The van der Waals surface area contributed by atoms with Crippen LogP contribution in [0.3, 0.4) is 0 Å². The molecule has 1 unspecified atom stereocenters. The highest BCUT2D eigenvalue weighted by Crippen LogP contribution is 2.10. The third kappa shape index (κ3) is 2.74. The van der Waals surface area contributed by atoms with E-state index in [1.807, 2.05) is 12.4 Å². The first-order valence-corrected chi connectivity index (χ1v) is 4.30. The van der Waals surface area contributed by atoms with E-state index in [1.54, 1.807) is 0 Å². The molecule has 0 saturated heterocycles. The quantitative estimate of drug-likeness (QED) is 0.705. The normalized spacial score (nSPS) is 13.3. The van der Waals surface area contributed by atoms with Crippen LogP contribution in [0.15, 0.2) is 12.4 Å². The molecule has 1 aromatic rings. The minimum absolute atomic E-state index is 0.838. The molecule has 1 N–H and O–H groups in total. The highest BCUT2D eigenvalue weighted by atomic mass is 15.1. The molecule has 0 aliphatic heterocycles. The molecular weight excluding hydrogens is 136 g/mol. The summed E-state index contributed by atoms with van der Waals surface area (Å²) in [6.07, 6.45) is 7.59. The van der Waals surface area contributed by atoms with E-state index in [4.69, 9.17) is 0 Å². The highest BCUT2D eigenvalue weighted by molar-refractivity contribution is 5.02. The number of aromatic nitrogens is 2. The molecule has 0 aliphatic carbocycles. The number of H-pyrrole nitrogens is 1. The Hall–Kier alpha value is -0.790. The number of rotatable bonds is 4. The van der Waals surface area contributed by atoms with E-state index in [0.717, 1.165) is 12.3 Å². The lowest BCUT2D eigenvalue weighted by atomic mass is 10.0. The molecule has 0 spiro atoms. The second-order valence-electron chi connectivity index (χ2n) is 3.16. The van der Waals surface area contributed by atoms with Crippen LogP contribution in [0.25, 0.3) is 0 Å². The zero-order valence-corrected chi connectivity index (χ0v) is 7.30. The van der Waals surface area contributed by atoms with Gasteiger partial charge in [0.2, 0.25) is 0 Å². The van der Waals surface area contributed by atoms with E-state index in [0.29, 0.717) is 0 Å². The molecule has 1 aromatic heterocycles. The molecule has 0 amide bonds. The summed E-state index contributed by atoms with van der Waals surface area (Å²) in [6.45, 7) is 4.53. The molecule has 2 nitrogen and oxygen atoms in total. The predicted molar refractivity (Wildman–Crippen MR) is 46.4 cm³/mol. The van der Waals surface area contributed by atoms with Crippen LogP contribution in [0.5, 0.6) is 0 Å². The Bertz CT molecular complexity index is 179. The Labute approximate surface area is 68.0 Å². The lowest BCUT2D eigenvalue weighted by Crippen LogP contribution is -1.94. The maximum absolute atomic E-state index is 3.90. The van der Waals surface area contributed by atoms with Crippen molar-refractivity contribution in [2.24, 2.45) is 5.92 Å². The van der Waals surface area contributed by atoms with Crippen LogP contribution < -0.4 is 0 Å². The van der Waals surface area contributed by atoms with E-state index >= 15 is 0 Å². The Balaban J connectivity index is 2.23. The smallest absolute Gasteiger partial charge is 0.0519 e. The molecule has 0 aromatic carbocycles. The zero-order chi connectivity index (χ0) is 8.10. The molecule has 62 valence electrons. The van der Waals surface area contributed by atoms with Crippen LogP contribution in [0.2, 0.25) is 0 Å². The monoisotopic (exact) mass is 152 g/mol. The fourth-order valence-corrected chi connectivity index (χ4v) is 1.03. The minimum atomic E-state index is 0.838. The van der Waals surface area contributed by atoms with E-state index in [9.17, 15) is 0 Å². The van der Waals surface area contributed by atoms with Gasteiger partial charge < -0.3 is 0 Å². The third-order valence-corrected chi connectivity index (χ3v) is 2.18. The van der Waals surface area contributed by atoms with E-state index < -0.39 is 0 Å².